The van der Waals surface area contributed by atoms with Gasteiger partial charge in [0.25, 0.3) is 0 Å². The molecule has 0 aromatic heterocycles. The van der Waals surface area contributed by atoms with Gasteiger partial charge >= 0.3 is 7.82 Å². The summed E-state index contributed by atoms with van der Waals surface area (Å²) in [6, 6.07) is -0.884. The Morgan fingerprint density at radius 1 is 0.630 bits per heavy atom. The molecule has 0 aromatic rings. The average molecular weight is 779 g/mol. The number of nitrogens with one attached hydrogen (secondary N) is 1. The molecular weight excluding hydrogens is 695 g/mol. The quantitative estimate of drug-likeness (QED) is 0.0277. The number of amides is 1. The van der Waals surface area contributed by atoms with Crippen molar-refractivity contribution in [3.63, 3.8) is 0 Å². The van der Waals surface area contributed by atoms with Crippen molar-refractivity contribution >= 4 is 13.7 Å². The van der Waals surface area contributed by atoms with Crippen molar-refractivity contribution < 1.29 is 28.4 Å². The molecule has 0 fully saturated rings. The maximum absolute atomic E-state index is 12.8. The van der Waals surface area contributed by atoms with E-state index in [1.807, 2.05) is 6.08 Å². The number of hydrogen-bond donors (Lipinski definition) is 4. The molecule has 0 aromatic carbocycles. The highest BCUT2D eigenvalue weighted by atomic mass is 31.2. The third-order valence-electron chi connectivity index (χ3n) is 9.33. The molecule has 314 valence electrons. The van der Waals surface area contributed by atoms with E-state index >= 15 is 0 Å². The Morgan fingerprint density at radius 3 is 1.65 bits per heavy atom. The molecule has 0 aliphatic heterocycles. The topological polar surface area (TPSA) is 131 Å². The summed E-state index contributed by atoms with van der Waals surface area (Å²) >= 11 is 0. The van der Waals surface area contributed by atoms with Crippen molar-refractivity contribution in [3.05, 3.63) is 60.8 Å². The Morgan fingerprint density at radius 2 is 1.09 bits per heavy atom. The van der Waals surface area contributed by atoms with Crippen LogP contribution in [-0.2, 0) is 18.4 Å². The number of nitrogens with two attached hydrogens (primary N) is 1. The van der Waals surface area contributed by atoms with Crippen molar-refractivity contribution in [2.75, 3.05) is 19.8 Å². The highest BCUT2D eigenvalue weighted by molar-refractivity contribution is 7.47. The number of unbranched alkanes of at least 4 members (excludes halogenated alkanes) is 20. The third kappa shape index (κ3) is 38.5. The lowest BCUT2D eigenvalue weighted by atomic mass is 10.0. The van der Waals surface area contributed by atoms with Crippen LogP contribution in [0.2, 0.25) is 0 Å². The Labute approximate surface area is 332 Å². The molecule has 0 heterocycles. The number of aliphatic hydroxyl groups excluding tert-OH is 1. The molecule has 1 amide bonds. The van der Waals surface area contributed by atoms with Crippen molar-refractivity contribution in [2.45, 2.75) is 199 Å². The van der Waals surface area contributed by atoms with E-state index in [4.69, 9.17) is 14.8 Å². The average Bonchev–Trinajstić information content (AvgIpc) is 3.16. The fourth-order valence-corrected chi connectivity index (χ4v) is 6.80. The summed E-state index contributed by atoms with van der Waals surface area (Å²) < 4.78 is 22.1. The van der Waals surface area contributed by atoms with Gasteiger partial charge in [-0.05, 0) is 64.2 Å². The number of carbonyl (C=O) groups excluding carboxylic acids is 1. The second kappa shape index (κ2) is 40.9. The van der Waals surface area contributed by atoms with Gasteiger partial charge < -0.3 is 21.1 Å². The summed E-state index contributed by atoms with van der Waals surface area (Å²) in [5.41, 5.74) is 5.37. The lowest BCUT2D eigenvalue weighted by Gasteiger charge is -2.23. The molecule has 8 nitrogen and oxygen atoms in total. The first-order valence-electron chi connectivity index (χ1n) is 21.9. The molecular formula is C45H83N2O6P. The van der Waals surface area contributed by atoms with E-state index in [2.05, 4.69) is 67.8 Å². The first-order valence-corrected chi connectivity index (χ1v) is 23.4. The molecule has 3 atom stereocenters. The summed E-state index contributed by atoms with van der Waals surface area (Å²) in [7, 11) is -4.35. The predicted octanol–water partition coefficient (Wildman–Crippen LogP) is 12.3. The maximum Gasteiger partial charge on any atom is 0.472 e. The van der Waals surface area contributed by atoms with Crippen LogP contribution in [0.3, 0.4) is 0 Å². The number of hydrogen-bond acceptors (Lipinski definition) is 6. The van der Waals surface area contributed by atoms with E-state index in [1.165, 1.54) is 96.3 Å². The molecule has 0 radical (unpaired) electrons. The van der Waals surface area contributed by atoms with Crippen LogP contribution < -0.4 is 11.1 Å². The predicted molar refractivity (Wildman–Crippen MR) is 230 cm³/mol. The van der Waals surface area contributed by atoms with Crippen LogP contribution in [0.5, 0.6) is 0 Å². The minimum absolute atomic E-state index is 0.0698. The second-order valence-electron chi connectivity index (χ2n) is 14.5. The van der Waals surface area contributed by atoms with Gasteiger partial charge in [-0.25, -0.2) is 4.57 Å². The highest BCUT2D eigenvalue weighted by Gasteiger charge is 2.26. The first-order chi connectivity index (χ1) is 26.4. The Balaban J connectivity index is 4.29. The Hall–Kier alpha value is -1.80. The van der Waals surface area contributed by atoms with Gasteiger partial charge in [-0.3, -0.25) is 13.8 Å². The minimum atomic E-state index is -4.35. The number of rotatable bonds is 40. The first kappa shape index (κ1) is 52.2. The molecule has 0 saturated heterocycles. The second-order valence-corrected chi connectivity index (χ2v) is 16.0. The largest absolute Gasteiger partial charge is 0.472 e. The van der Waals surface area contributed by atoms with Gasteiger partial charge in [0.05, 0.1) is 25.4 Å². The maximum atomic E-state index is 12.8. The number of phosphoric ester groups is 1. The normalized spacial score (nSPS) is 14.7. The smallest absolute Gasteiger partial charge is 0.387 e. The lowest BCUT2D eigenvalue weighted by Crippen LogP contribution is -2.45. The Bertz CT molecular complexity index is 1030. The zero-order valence-electron chi connectivity index (χ0n) is 34.7. The summed E-state index contributed by atoms with van der Waals surface area (Å²) in [5.74, 6) is -0.216. The number of allylic oxidation sites excluding steroid dienone is 9. The van der Waals surface area contributed by atoms with Gasteiger partial charge in [0.15, 0.2) is 0 Å². The standard InChI is InChI=1S/C45H83N2O6P/c1-3-5-7-9-11-13-15-17-19-21-23-24-26-28-30-32-34-36-38-44(48)43(42-53-54(50,51)52-41-40-46)47-45(49)39-37-35-33-31-29-27-25-22-20-18-16-14-12-10-8-6-4-2/h6,8,12,14,18,20,28,30,36,38,43-44,48H,3-5,7,9-11,13,15-17,19,21-27,29,31-35,37,39-42,46H2,1-2H3,(H,47,49)(H,50,51)/b8-6-,14-12-,20-18-,30-28+,38-36+. The van der Waals surface area contributed by atoms with Crippen LogP contribution in [0.1, 0.15) is 187 Å². The van der Waals surface area contributed by atoms with Gasteiger partial charge in [-0.2, -0.15) is 0 Å². The molecule has 9 heteroatoms. The Kier molecular flexibility index (Phi) is 39.5. The van der Waals surface area contributed by atoms with E-state index < -0.39 is 20.0 Å². The SMILES string of the molecule is CC/C=C\C/C=C\C/C=C\CCCCCCCCCC(=O)NC(COP(=O)(O)OCCN)C(O)/C=C/CC/C=C/CCCCCCCCCCCCCC. The fourth-order valence-electron chi connectivity index (χ4n) is 6.04. The van der Waals surface area contributed by atoms with Crippen LogP contribution in [0.25, 0.3) is 0 Å². The third-order valence-corrected chi connectivity index (χ3v) is 10.3. The molecule has 5 N–H and O–H groups in total. The van der Waals surface area contributed by atoms with Crippen LogP contribution >= 0.6 is 7.82 Å². The van der Waals surface area contributed by atoms with Crippen molar-refractivity contribution in [3.8, 4) is 0 Å². The summed E-state index contributed by atoms with van der Waals surface area (Å²) in [4.78, 5) is 22.7. The van der Waals surface area contributed by atoms with Gasteiger partial charge in [0.1, 0.15) is 0 Å². The van der Waals surface area contributed by atoms with Crippen LogP contribution in [-0.4, -0.2) is 47.8 Å². The molecule has 0 rings (SSSR count). The van der Waals surface area contributed by atoms with Crippen molar-refractivity contribution in [1.29, 1.82) is 0 Å². The van der Waals surface area contributed by atoms with Crippen molar-refractivity contribution in [1.82, 2.24) is 5.32 Å². The number of aliphatic hydroxyl groups is 1. The van der Waals surface area contributed by atoms with E-state index in [0.29, 0.717) is 6.42 Å². The summed E-state index contributed by atoms with van der Waals surface area (Å²) in [5, 5.41) is 13.6. The zero-order chi connectivity index (χ0) is 39.6. The van der Waals surface area contributed by atoms with Gasteiger partial charge in [-0.15, -0.1) is 0 Å². The van der Waals surface area contributed by atoms with E-state index in [-0.39, 0.29) is 25.7 Å². The zero-order valence-corrected chi connectivity index (χ0v) is 35.6. The number of carbonyl (C=O) groups is 1. The molecule has 0 aliphatic rings. The van der Waals surface area contributed by atoms with Gasteiger partial charge in [0.2, 0.25) is 5.91 Å². The fraction of sp³-hybridized carbons (Fsp3) is 0.756. The molecule has 0 aliphatic carbocycles. The van der Waals surface area contributed by atoms with Crippen LogP contribution in [0.4, 0.5) is 0 Å². The molecule has 0 saturated carbocycles. The molecule has 3 unspecified atom stereocenters. The summed E-state index contributed by atoms with van der Waals surface area (Å²) in [6.07, 6.45) is 51.3. The monoisotopic (exact) mass is 779 g/mol. The lowest BCUT2D eigenvalue weighted by molar-refractivity contribution is -0.123. The molecule has 54 heavy (non-hydrogen) atoms. The van der Waals surface area contributed by atoms with Gasteiger partial charge in [0, 0.05) is 13.0 Å². The highest BCUT2D eigenvalue weighted by Crippen LogP contribution is 2.43. The van der Waals surface area contributed by atoms with E-state index in [1.54, 1.807) is 6.08 Å². The van der Waals surface area contributed by atoms with Gasteiger partial charge in [-0.1, -0.05) is 177 Å². The van der Waals surface area contributed by atoms with E-state index in [9.17, 15) is 19.4 Å². The summed E-state index contributed by atoms with van der Waals surface area (Å²) in [6.45, 7) is 3.99. The van der Waals surface area contributed by atoms with Crippen LogP contribution in [0, 0.1) is 0 Å². The minimum Gasteiger partial charge on any atom is -0.387 e. The van der Waals surface area contributed by atoms with Crippen LogP contribution in [0.15, 0.2) is 60.8 Å². The molecule has 0 spiro atoms. The van der Waals surface area contributed by atoms with E-state index in [0.717, 1.165) is 70.6 Å². The number of phosphoric acid groups is 1. The van der Waals surface area contributed by atoms with Crippen molar-refractivity contribution in [2.24, 2.45) is 5.73 Å². The molecule has 0 bridgehead atoms.